The first-order chi connectivity index (χ1) is 50.6. The van der Waals surface area contributed by atoms with Gasteiger partial charge in [-0.2, -0.15) is 0 Å². The molecule has 0 bridgehead atoms. The van der Waals surface area contributed by atoms with Crippen LogP contribution < -0.4 is 70.4 Å². The van der Waals surface area contributed by atoms with Gasteiger partial charge in [-0.15, -0.1) is 0 Å². The van der Waals surface area contributed by atoms with Crippen molar-refractivity contribution in [1.82, 2.24) is 63.1 Å². The molecular formula is C74H91N15O18. The first kappa shape index (κ1) is 83.7. The zero-order valence-electron chi connectivity index (χ0n) is 59.7. The summed E-state index contributed by atoms with van der Waals surface area (Å²) in [4.78, 5) is 196. The number of primary amides is 2. The van der Waals surface area contributed by atoms with Crippen LogP contribution in [0, 0.1) is 6.92 Å². The Morgan fingerprint density at radius 3 is 1.53 bits per heavy atom. The van der Waals surface area contributed by atoms with Gasteiger partial charge in [0.25, 0.3) is 0 Å². The molecule has 0 aliphatic rings. The molecule has 6 aromatic rings. The lowest BCUT2D eigenvalue weighted by atomic mass is 9.90. The summed E-state index contributed by atoms with van der Waals surface area (Å²) in [5, 5.41) is 64.9. The number of nitrogens with two attached hydrogens (primary N) is 3. The van der Waals surface area contributed by atoms with E-state index in [1.807, 2.05) is 74.5 Å². The van der Waals surface area contributed by atoms with Crippen LogP contribution in [0.1, 0.15) is 87.4 Å². The molecule has 0 radical (unpaired) electrons. The topological polar surface area (TPSA) is 547 Å². The Balaban J connectivity index is 1.17. The van der Waals surface area contributed by atoms with E-state index >= 15 is 0 Å². The number of nitrogens with zero attached hydrogens (tertiary/aromatic N) is 1. The van der Waals surface area contributed by atoms with Gasteiger partial charge < -0.3 is 95.8 Å². The number of imidazole rings is 1. The number of aromatic nitrogens is 2. The molecule has 107 heavy (non-hydrogen) atoms. The van der Waals surface area contributed by atoms with Crippen LogP contribution in [0.5, 0.6) is 0 Å². The number of aliphatic carboxylic acids is 2. The van der Waals surface area contributed by atoms with Gasteiger partial charge in [-0.3, -0.25) is 67.1 Å². The smallest absolute Gasteiger partial charge is 0.305 e. The van der Waals surface area contributed by atoms with Crippen molar-refractivity contribution in [3.63, 3.8) is 0 Å². The lowest BCUT2D eigenvalue weighted by Gasteiger charge is -2.34. The highest BCUT2D eigenvalue weighted by molar-refractivity contribution is 6.01. The highest BCUT2D eigenvalue weighted by atomic mass is 16.4. The van der Waals surface area contributed by atoms with Crippen LogP contribution in [0.15, 0.2) is 140 Å². The van der Waals surface area contributed by atoms with Crippen molar-refractivity contribution in [2.45, 2.75) is 165 Å². The molecule has 0 aliphatic carbocycles. The highest BCUT2D eigenvalue weighted by Gasteiger charge is 2.42. The molecule has 0 saturated carbocycles. The Bertz CT molecular complexity index is 4160. The van der Waals surface area contributed by atoms with E-state index in [1.54, 1.807) is 66.7 Å². The molecule has 0 fully saturated rings. The minimum atomic E-state index is -2.21. The van der Waals surface area contributed by atoms with Gasteiger partial charge in [-0.25, -0.2) is 4.98 Å². The van der Waals surface area contributed by atoms with Gasteiger partial charge in [-0.05, 0) is 91.1 Å². The van der Waals surface area contributed by atoms with Crippen molar-refractivity contribution in [3.05, 3.63) is 173 Å². The van der Waals surface area contributed by atoms with Crippen molar-refractivity contribution >= 4 is 82.8 Å². The van der Waals surface area contributed by atoms with E-state index in [-0.39, 0.29) is 19.3 Å². The summed E-state index contributed by atoms with van der Waals surface area (Å²) >= 11 is 0. The summed E-state index contributed by atoms with van der Waals surface area (Å²) in [7, 11) is 0. The van der Waals surface area contributed by atoms with Gasteiger partial charge in [0.05, 0.1) is 50.4 Å². The predicted molar refractivity (Wildman–Crippen MR) is 387 cm³/mol. The molecule has 1 aromatic heterocycles. The van der Waals surface area contributed by atoms with Crippen LogP contribution in [0.2, 0.25) is 0 Å². The maximum absolute atomic E-state index is 14.7. The Hall–Kier alpha value is -12.2. The number of aryl methyl sites for hydroxylation is 2. The number of carboxylic acid groups (broad SMARTS) is 2. The number of carbonyl (C=O) groups is 14. The molecule has 21 N–H and O–H groups in total. The number of carbonyl (C=O) groups excluding carboxylic acids is 12. The SMILES string of the molecule is CCc1ccccc1-c1ccc(C[C@H](NC(=O)[C@H](CC(=O)O)NC(=O)[C@H](CC(N)=O)NC(=O)[C@@H](NC(=O)[C@](C)(Cc2ccccc2)NC(=O)[C@@H](NC(=O)CNC(=O)[C@H](CC(=O)O)NC(=O)[C@H](C)NC(=O)[C@@H](N)Cc2cnc[nH]2)[C@@H](C)O)[C@@H](C)O)C(=O)N[C@@H](Cc2ccc(-c3ccccc3C)cc2)C(N)=O)cc1. The van der Waals surface area contributed by atoms with Crippen molar-refractivity contribution < 1.29 is 87.5 Å². The normalized spacial score (nSPS) is 14.7. The number of hydrogen-bond acceptors (Lipinski definition) is 18. The lowest BCUT2D eigenvalue weighted by Crippen LogP contribution is -2.67. The van der Waals surface area contributed by atoms with Crippen LogP contribution in [-0.2, 0) is 99.2 Å². The molecule has 5 aromatic carbocycles. The third-order valence-electron chi connectivity index (χ3n) is 17.2. The van der Waals surface area contributed by atoms with Gasteiger partial charge in [0.2, 0.25) is 70.9 Å². The van der Waals surface area contributed by atoms with E-state index in [4.69, 9.17) is 17.2 Å². The van der Waals surface area contributed by atoms with Crippen molar-refractivity contribution in [2.24, 2.45) is 17.2 Å². The third kappa shape index (κ3) is 25.6. The fraction of sp³-hybridized carbons (Fsp3) is 0.365. The van der Waals surface area contributed by atoms with Crippen molar-refractivity contribution in [3.8, 4) is 22.3 Å². The molecule has 0 saturated heterocycles. The van der Waals surface area contributed by atoms with Crippen LogP contribution in [0.25, 0.3) is 22.3 Å². The van der Waals surface area contributed by atoms with Crippen molar-refractivity contribution in [1.29, 1.82) is 0 Å². The Labute approximate surface area is 615 Å². The van der Waals surface area contributed by atoms with Crippen LogP contribution in [0.3, 0.4) is 0 Å². The standard InChI is InChI=1S/C74H91N15O18/c1-7-46-18-12-14-20-51(46)48-27-23-44(24-28-48)30-54(68(102)82-53(64(77)98)29-43-21-25-47(26-22-43)50-19-13-11-15-39(50)2)84-70(104)57(34-61(96)97)85-69(103)55(32-58(76)92)86-71(105)62(41(4)90)88-73(107)74(6,35-45-16-9-8-10-17-45)89-72(106)63(42(5)91)87-59(93)37-79-67(101)56(33-60(94)95)83-65(99)40(3)81-66(100)52(75)31-49-36-78-38-80-49/h8-28,36,38,40-42,52-57,62-63,90-91H,7,29-35,37,75H2,1-6H3,(H2,76,92)(H2,77,98)(H,78,80)(H,79,101)(H,81,100)(H,82,102)(H,83,99)(H,84,104)(H,85,103)(H,86,105)(H,87,93)(H,88,107)(H,89,106)(H,94,95)(H,96,97)/t40-,41+,42+,52-,53-,54-,55-,56-,57-,62-,63-,74-/m0/s1. The van der Waals surface area contributed by atoms with Gasteiger partial charge in [-0.1, -0.05) is 134 Å². The first-order valence-electron chi connectivity index (χ1n) is 34.1. The van der Waals surface area contributed by atoms with Crippen molar-refractivity contribution in [2.75, 3.05) is 6.54 Å². The summed E-state index contributed by atoms with van der Waals surface area (Å²) in [5.41, 5.74) is 22.8. The van der Waals surface area contributed by atoms with Crippen LogP contribution >= 0.6 is 0 Å². The number of carboxylic acids is 2. The maximum Gasteiger partial charge on any atom is 0.305 e. The number of aliphatic hydroxyl groups is 2. The summed E-state index contributed by atoms with van der Waals surface area (Å²) in [5.74, 6) is -17.1. The fourth-order valence-corrected chi connectivity index (χ4v) is 11.4. The number of nitrogens with one attached hydrogen (secondary N) is 11. The second-order valence-electron chi connectivity index (χ2n) is 26.0. The summed E-state index contributed by atoms with van der Waals surface area (Å²) in [6.45, 7) is 7.47. The molecule has 0 aliphatic heterocycles. The van der Waals surface area contributed by atoms with E-state index in [0.29, 0.717) is 22.4 Å². The molecule has 0 unspecified atom stereocenters. The Morgan fingerprint density at radius 2 is 0.991 bits per heavy atom. The number of benzene rings is 5. The molecule has 1 heterocycles. The van der Waals surface area contributed by atoms with E-state index < -0.39 is 187 Å². The number of aliphatic hydroxyl groups excluding tert-OH is 2. The third-order valence-corrected chi connectivity index (χ3v) is 17.2. The van der Waals surface area contributed by atoms with Gasteiger partial charge in [0, 0.05) is 37.6 Å². The molecule has 6 rings (SSSR count). The fourth-order valence-electron chi connectivity index (χ4n) is 11.4. The quantitative estimate of drug-likeness (QED) is 0.0201. The molecule has 33 heteroatoms. The van der Waals surface area contributed by atoms with E-state index in [9.17, 15) is 87.5 Å². The highest BCUT2D eigenvalue weighted by Crippen LogP contribution is 2.27. The second kappa shape index (κ2) is 39.6. The first-order valence-corrected chi connectivity index (χ1v) is 34.1. The number of amides is 12. The Kier molecular flexibility index (Phi) is 31.0. The number of H-pyrrole nitrogens is 1. The van der Waals surface area contributed by atoms with Gasteiger partial charge in [0.15, 0.2) is 0 Å². The zero-order valence-corrected chi connectivity index (χ0v) is 59.7. The van der Waals surface area contributed by atoms with Crippen LogP contribution in [0.4, 0.5) is 0 Å². The molecule has 12 amide bonds. The molecule has 570 valence electrons. The predicted octanol–water partition coefficient (Wildman–Crippen LogP) is -1.83. The summed E-state index contributed by atoms with van der Waals surface area (Å²) in [6, 6.07) is 22.0. The number of hydrogen-bond donors (Lipinski definition) is 18. The number of rotatable bonds is 40. The largest absolute Gasteiger partial charge is 0.481 e. The van der Waals surface area contributed by atoms with E-state index in [1.165, 1.54) is 26.4 Å². The van der Waals surface area contributed by atoms with E-state index in [0.717, 1.165) is 53.6 Å². The Morgan fingerprint density at radius 1 is 0.505 bits per heavy atom. The lowest BCUT2D eigenvalue weighted by molar-refractivity contribution is -0.142. The molecule has 12 atom stereocenters. The van der Waals surface area contributed by atoms with Gasteiger partial charge >= 0.3 is 11.9 Å². The summed E-state index contributed by atoms with van der Waals surface area (Å²) in [6.07, 6.45) is -4.12. The number of aromatic amines is 1. The average Bonchev–Trinajstić information content (AvgIpc) is 1.58. The maximum atomic E-state index is 14.7. The van der Waals surface area contributed by atoms with Gasteiger partial charge in [0.1, 0.15) is 53.9 Å². The van der Waals surface area contributed by atoms with Crippen LogP contribution in [-0.4, -0.2) is 192 Å². The molecular weight excluding hydrogens is 1390 g/mol. The average molecular weight is 1480 g/mol. The zero-order chi connectivity index (χ0) is 78.8. The molecule has 33 nitrogen and oxygen atoms in total. The minimum Gasteiger partial charge on any atom is -0.481 e. The monoisotopic (exact) mass is 1480 g/mol. The summed E-state index contributed by atoms with van der Waals surface area (Å²) < 4.78 is 0. The van der Waals surface area contributed by atoms with E-state index in [2.05, 4.69) is 63.1 Å². The molecule has 0 spiro atoms. The minimum absolute atomic E-state index is 0.0156. The second-order valence-corrected chi connectivity index (χ2v) is 26.0.